The van der Waals surface area contributed by atoms with Crippen LogP contribution in [0.25, 0.3) is 0 Å². The summed E-state index contributed by atoms with van der Waals surface area (Å²) in [5.74, 6) is -0.703. The van der Waals surface area contributed by atoms with E-state index in [1.54, 1.807) is 0 Å². The maximum atomic E-state index is 13.3. The summed E-state index contributed by atoms with van der Waals surface area (Å²) in [7, 11) is 0. The number of amides is 1. The number of hydrogen-bond acceptors (Lipinski definition) is 2. The molecule has 0 bridgehead atoms. The first-order valence-corrected chi connectivity index (χ1v) is 8.36. The maximum absolute atomic E-state index is 13.3. The molecule has 0 saturated heterocycles. The van der Waals surface area contributed by atoms with E-state index in [4.69, 9.17) is 0 Å². The lowest BCUT2D eigenvalue weighted by Gasteiger charge is -2.25. The van der Waals surface area contributed by atoms with Gasteiger partial charge in [0.1, 0.15) is 5.82 Å². The molecule has 5 heteroatoms. The zero-order valence-corrected chi connectivity index (χ0v) is 14.9. The molecule has 0 heterocycles. The number of rotatable bonds is 6. The minimum absolute atomic E-state index is 0.280. The van der Waals surface area contributed by atoms with Gasteiger partial charge in [-0.15, -0.1) is 0 Å². The first-order chi connectivity index (χ1) is 11.0. The highest BCUT2D eigenvalue weighted by molar-refractivity contribution is 9.10. The lowest BCUT2D eigenvalue weighted by atomic mass is 10.2. The highest BCUT2D eigenvalue weighted by Gasteiger charge is 2.12. The molecule has 122 valence electrons. The van der Waals surface area contributed by atoms with Crippen LogP contribution in [0.2, 0.25) is 0 Å². The third kappa shape index (κ3) is 4.55. The van der Waals surface area contributed by atoms with Crippen molar-refractivity contribution < 1.29 is 9.18 Å². The second kappa shape index (κ2) is 8.11. The van der Waals surface area contributed by atoms with Crippen LogP contribution in [0.15, 0.2) is 46.9 Å². The molecule has 0 unspecified atom stereocenters. The van der Waals surface area contributed by atoms with Gasteiger partial charge in [-0.25, -0.2) is 4.39 Å². The van der Waals surface area contributed by atoms with Crippen molar-refractivity contribution in [2.45, 2.75) is 13.8 Å². The highest BCUT2D eigenvalue weighted by Crippen LogP contribution is 2.19. The molecular formula is C18H20BrFN2O. The van der Waals surface area contributed by atoms with E-state index in [1.807, 2.05) is 12.1 Å². The van der Waals surface area contributed by atoms with Gasteiger partial charge in [0.05, 0.1) is 5.56 Å². The van der Waals surface area contributed by atoms with Crippen LogP contribution in [-0.2, 0) is 0 Å². The van der Waals surface area contributed by atoms with Crippen molar-refractivity contribution in [1.29, 1.82) is 0 Å². The second-order valence-corrected chi connectivity index (χ2v) is 6.10. The van der Waals surface area contributed by atoms with Crippen LogP contribution in [0.3, 0.4) is 0 Å². The van der Waals surface area contributed by atoms with Crippen molar-refractivity contribution in [2.75, 3.05) is 24.5 Å². The minimum atomic E-state index is -0.423. The molecule has 0 aliphatic heterocycles. The first kappa shape index (κ1) is 17.5. The van der Waals surface area contributed by atoms with Gasteiger partial charge >= 0.3 is 0 Å². The Labute approximate surface area is 144 Å². The molecule has 0 spiro atoms. The number of aryl methyl sites for hydroxylation is 1. The quantitative estimate of drug-likeness (QED) is 0.818. The number of likely N-dealkylation sites (N-methyl/N-ethyl adjacent to an activating group) is 1. The molecule has 2 aromatic rings. The van der Waals surface area contributed by atoms with Gasteiger partial charge < -0.3 is 10.2 Å². The molecule has 1 amide bonds. The van der Waals surface area contributed by atoms with Gasteiger partial charge in [-0.2, -0.15) is 0 Å². The lowest BCUT2D eigenvalue weighted by molar-refractivity contribution is 0.0953. The van der Waals surface area contributed by atoms with Crippen LogP contribution in [0.5, 0.6) is 0 Å². The van der Waals surface area contributed by atoms with Crippen molar-refractivity contribution in [2.24, 2.45) is 0 Å². The van der Waals surface area contributed by atoms with Gasteiger partial charge in [0, 0.05) is 29.8 Å². The minimum Gasteiger partial charge on any atom is -0.370 e. The molecule has 2 rings (SSSR count). The second-order valence-electron chi connectivity index (χ2n) is 5.25. The molecule has 2 aromatic carbocycles. The Kier molecular flexibility index (Phi) is 6.16. The zero-order valence-electron chi connectivity index (χ0n) is 13.3. The van der Waals surface area contributed by atoms with E-state index in [9.17, 15) is 9.18 Å². The van der Waals surface area contributed by atoms with E-state index in [-0.39, 0.29) is 5.91 Å². The van der Waals surface area contributed by atoms with Gasteiger partial charge in [-0.1, -0.05) is 18.2 Å². The van der Waals surface area contributed by atoms with Crippen molar-refractivity contribution in [3.63, 3.8) is 0 Å². The van der Waals surface area contributed by atoms with E-state index in [0.717, 1.165) is 12.2 Å². The van der Waals surface area contributed by atoms with Crippen molar-refractivity contribution in [3.8, 4) is 0 Å². The predicted molar refractivity (Wildman–Crippen MR) is 95.5 cm³/mol. The summed E-state index contributed by atoms with van der Waals surface area (Å²) >= 11 is 3.27. The predicted octanol–water partition coefficient (Wildman–Crippen LogP) is 4.15. The summed E-state index contributed by atoms with van der Waals surface area (Å²) in [5.41, 5.74) is 2.67. The van der Waals surface area contributed by atoms with Crippen LogP contribution in [-0.4, -0.2) is 25.5 Å². The molecule has 0 aliphatic carbocycles. The fourth-order valence-electron chi connectivity index (χ4n) is 2.44. The van der Waals surface area contributed by atoms with E-state index in [2.05, 4.69) is 52.1 Å². The standard InChI is InChI=1S/C18H20BrFN2O/c1-3-22(17-7-5-4-6-13(17)2)11-10-21-18(23)15-12-14(20)8-9-16(15)19/h4-9,12H,3,10-11H2,1-2H3,(H,21,23). The molecule has 23 heavy (non-hydrogen) atoms. The Morgan fingerprint density at radius 2 is 2.00 bits per heavy atom. The van der Waals surface area contributed by atoms with E-state index in [1.165, 1.54) is 23.8 Å². The van der Waals surface area contributed by atoms with Crippen molar-refractivity contribution in [3.05, 3.63) is 63.9 Å². The molecule has 1 N–H and O–H groups in total. The molecule has 0 fully saturated rings. The fraction of sp³-hybridized carbons (Fsp3) is 0.278. The zero-order chi connectivity index (χ0) is 16.8. The molecule has 0 aliphatic rings. The van der Waals surface area contributed by atoms with Crippen LogP contribution in [0.1, 0.15) is 22.8 Å². The summed E-state index contributed by atoms with van der Waals surface area (Å²) in [6.45, 7) is 6.19. The normalized spacial score (nSPS) is 10.4. The SMILES string of the molecule is CCN(CCNC(=O)c1cc(F)ccc1Br)c1ccccc1C. The van der Waals surface area contributed by atoms with Gasteiger partial charge in [-0.05, 0) is 59.6 Å². The fourth-order valence-corrected chi connectivity index (χ4v) is 2.86. The Morgan fingerprint density at radius 1 is 1.26 bits per heavy atom. The summed E-state index contributed by atoms with van der Waals surface area (Å²) in [5, 5.41) is 2.84. The Balaban J connectivity index is 1.97. The number of carbonyl (C=O) groups is 1. The van der Waals surface area contributed by atoms with Gasteiger partial charge in [0.25, 0.3) is 5.91 Å². The average molecular weight is 379 g/mol. The Morgan fingerprint density at radius 3 is 2.70 bits per heavy atom. The topological polar surface area (TPSA) is 32.3 Å². The van der Waals surface area contributed by atoms with Gasteiger partial charge in [-0.3, -0.25) is 4.79 Å². The molecule has 3 nitrogen and oxygen atoms in total. The monoisotopic (exact) mass is 378 g/mol. The third-order valence-corrected chi connectivity index (χ3v) is 4.37. The maximum Gasteiger partial charge on any atom is 0.252 e. The number of nitrogens with zero attached hydrogens (tertiary/aromatic N) is 1. The molecule has 0 aromatic heterocycles. The average Bonchev–Trinajstić information content (AvgIpc) is 2.54. The number of halogens is 2. The number of hydrogen-bond donors (Lipinski definition) is 1. The van der Waals surface area contributed by atoms with E-state index >= 15 is 0 Å². The lowest BCUT2D eigenvalue weighted by Crippen LogP contribution is -2.35. The van der Waals surface area contributed by atoms with Crippen LogP contribution in [0.4, 0.5) is 10.1 Å². The smallest absolute Gasteiger partial charge is 0.252 e. The first-order valence-electron chi connectivity index (χ1n) is 7.56. The summed E-state index contributed by atoms with van der Waals surface area (Å²) in [6.07, 6.45) is 0. The Hall–Kier alpha value is -1.88. The highest BCUT2D eigenvalue weighted by atomic mass is 79.9. The molecule has 0 atom stereocenters. The van der Waals surface area contributed by atoms with Crippen molar-refractivity contribution in [1.82, 2.24) is 5.32 Å². The number of anilines is 1. The number of carbonyl (C=O) groups excluding carboxylic acids is 1. The van der Waals surface area contributed by atoms with Gasteiger partial charge in [0.15, 0.2) is 0 Å². The van der Waals surface area contributed by atoms with Crippen molar-refractivity contribution >= 4 is 27.5 Å². The van der Waals surface area contributed by atoms with Crippen LogP contribution in [0, 0.1) is 12.7 Å². The number of benzene rings is 2. The van der Waals surface area contributed by atoms with E-state index in [0.29, 0.717) is 23.1 Å². The van der Waals surface area contributed by atoms with Crippen LogP contribution < -0.4 is 10.2 Å². The van der Waals surface area contributed by atoms with E-state index < -0.39 is 5.82 Å². The molecule has 0 radical (unpaired) electrons. The molecule has 0 saturated carbocycles. The Bertz CT molecular complexity index is 690. The number of para-hydroxylation sites is 1. The largest absolute Gasteiger partial charge is 0.370 e. The summed E-state index contributed by atoms with van der Waals surface area (Å²) in [6, 6.07) is 12.2. The van der Waals surface area contributed by atoms with Crippen LogP contribution >= 0.6 is 15.9 Å². The summed E-state index contributed by atoms with van der Waals surface area (Å²) < 4.78 is 13.9. The third-order valence-electron chi connectivity index (χ3n) is 3.68. The summed E-state index contributed by atoms with van der Waals surface area (Å²) in [4.78, 5) is 14.4. The van der Waals surface area contributed by atoms with Gasteiger partial charge in [0.2, 0.25) is 0 Å². The number of nitrogens with one attached hydrogen (secondary N) is 1. The molecular weight excluding hydrogens is 359 g/mol.